The minimum atomic E-state index is 0.919. The average molecular weight is 281 g/mol. The molecule has 20 heavy (non-hydrogen) atoms. The Bertz CT molecular complexity index is 220. The third kappa shape index (κ3) is 5.78. The van der Waals surface area contributed by atoms with Crippen molar-refractivity contribution in [3.63, 3.8) is 0 Å². The first kappa shape index (κ1) is 18.1. The maximum atomic E-state index is 2.53. The van der Waals surface area contributed by atoms with Gasteiger partial charge in [-0.25, -0.2) is 0 Å². The van der Waals surface area contributed by atoms with Crippen molar-refractivity contribution < 1.29 is 0 Å². The molecule has 0 aromatic rings. The molecule has 0 radical (unpaired) electrons. The summed E-state index contributed by atoms with van der Waals surface area (Å²) in [6.45, 7) is 14.6. The molecule has 6 unspecified atom stereocenters. The largest absolute Gasteiger partial charge is 0.0651 e. The van der Waals surface area contributed by atoms with Crippen molar-refractivity contribution in [2.75, 3.05) is 0 Å². The SMILES string of the molecule is CCC(C)CC(C)C1CCCC(C(C)CC(C)CC)C1. The lowest BCUT2D eigenvalue weighted by Crippen LogP contribution is -2.26. The summed E-state index contributed by atoms with van der Waals surface area (Å²) in [5.41, 5.74) is 0. The first-order chi connectivity index (χ1) is 9.47. The van der Waals surface area contributed by atoms with Crippen molar-refractivity contribution in [2.24, 2.45) is 35.5 Å². The molecule has 1 aliphatic carbocycles. The van der Waals surface area contributed by atoms with Crippen LogP contribution >= 0.6 is 0 Å². The minimum Gasteiger partial charge on any atom is -0.0651 e. The molecule has 1 fully saturated rings. The van der Waals surface area contributed by atoms with E-state index in [2.05, 4.69) is 41.5 Å². The monoisotopic (exact) mass is 280 g/mol. The highest BCUT2D eigenvalue weighted by molar-refractivity contribution is 4.80. The van der Waals surface area contributed by atoms with E-state index in [4.69, 9.17) is 0 Å². The third-order valence-corrected chi connectivity index (χ3v) is 6.31. The molecule has 0 aromatic carbocycles. The van der Waals surface area contributed by atoms with Crippen LogP contribution in [0.15, 0.2) is 0 Å². The molecule has 0 heterocycles. The predicted octanol–water partition coefficient (Wildman–Crippen LogP) is 6.94. The summed E-state index contributed by atoms with van der Waals surface area (Å²) in [6.07, 6.45) is 11.6. The van der Waals surface area contributed by atoms with E-state index < -0.39 is 0 Å². The fourth-order valence-electron chi connectivity index (χ4n) is 4.29. The van der Waals surface area contributed by atoms with E-state index in [0.29, 0.717) is 0 Å². The van der Waals surface area contributed by atoms with E-state index in [-0.39, 0.29) is 0 Å². The molecule has 1 aliphatic rings. The van der Waals surface area contributed by atoms with Gasteiger partial charge in [0, 0.05) is 0 Å². The van der Waals surface area contributed by atoms with E-state index >= 15 is 0 Å². The summed E-state index contributed by atoms with van der Waals surface area (Å²) in [5.74, 6) is 5.77. The Labute approximate surface area is 129 Å². The van der Waals surface area contributed by atoms with Gasteiger partial charge < -0.3 is 0 Å². The number of rotatable bonds is 8. The topological polar surface area (TPSA) is 0 Å². The predicted molar refractivity (Wildman–Crippen MR) is 91.9 cm³/mol. The summed E-state index contributed by atoms with van der Waals surface area (Å²) in [7, 11) is 0. The molecule has 0 saturated heterocycles. The first-order valence-electron chi connectivity index (χ1n) is 9.47. The van der Waals surface area contributed by atoms with Crippen molar-refractivity contribution in [3.8, 4) is 0 Å². The van der Waals surface area contributed by atoms with Crippen molar-refractivity contribution >= 4 is 0 Å². The minimum absolute atomic E-state index is 0.919. The third-order valence-electron chi connectivity index (χ3n) is 6.31. The Morgan fingerprint density at radius 1 is 0.750 bits per heavy atom. The Balaban J connectivity index is 2.45. The van der Waals surface area contributed by atoms with E-state index in [9.17, 15) is 0 Å². The van der Waals surface area contributed by atoms with E-state index in [1.165, 1.54) is 51.4 Å². The van der Waals surface area contributed by atoms with E-state index in [1.807, 2.05) is 0 Å². The second-order valence-corrected chi connectivity index (χ2v) is 8.14. The van der Waals surface area contributed by atoms with Gasteiger partial charge in [-0.3, -0.25) is 0 Å². The lowest BCUT2D eigenvalue weighted by Gasteiger charge is -2.37. The van der Waals surface area contributed by atoms with Gasteiger partial charge in [0.05, 0.1) is 0 Å². The van der Waals surface area contributed by atoms with Gasteiger partial charge in [0.25, 0.3) is 0 Å². The van der Waals surface area contributed by atoms with Crippen LogP contribution in [0.1, 0.15) is 92.9 Å². The first-order valence-corrected chi connectivity index (χ1v) is 9.47. The van der Waals surface area contributed by atoms with Crippen LogP contribution in [0.2, 0.25) is 0 Å². The molecule has 0 aliphatic heterocycles. The lowest BCUT2D eigenvalue weighted by molar-refractivity contribution is 0.138. The molecular formula is C20H40. The van der Waals surface area contributed by atoms with Gasteiger partial charge in [0.2, 0.25) is 0 Å². The molecule has 1 rings (SSSR count). The molecule has 6 atom stereocenters. The summed E-state index contributed by atoms with van der Waals surface area (Å²) in [4.78, 5) is 0. The van der Waals surface area contributed by atoms with Gasteiger partial charge in [-0.2, -0.15) is 0 Å². The lowest BCUT2D eigenvalue weighted by atomic mass is 9.69. The molecule has 0 spiro atoms. The molecule has 0 nitrogen and oxygen atoms in total. The van der Waals surface area contributed by atoms with Crippen LogP contribution in [0.25, 0.3) is 0 Å². The molecule has 0 N–H and O–H groups in total. The highest BCUT2D eigenvalue weighted by atomic mass is 14.3. The van der Waals surface area contributed by atoms with Crippen LogP contribution in [-0.4, -0.2) is 0 Å². The van der Waals surface area contributed by atoms with Crippen LogP contribution < -0.4 is 0 Å². The van der Waals surface area contributed by atoms with E-state index in [0.717, 1.165) is 35.5 Å². The van der Waals surface area contributed by atoms with Crippen molar-refractivity contribution in [2.45, 2.75) is 92.9 Å². The van der Waals surface area contributed by atoms with Gasteiger partial charge in [-0.15, -0.1) is 0 Å². The Hall–Kier alpha value is 0. The summed E-state index contributed by atoms with van der Waals surface area (Å²) >= 11 is 0. The second-order valence-electron chi connectivity index (χ2n) is 8.14. The highest BCUT2D eigenvalue weighted by Crippen LogP contribution is 2.41. The van der Waals surface area contributed by atoms with Crippen molar-refractivity contribution in [1.29, 1.82) is 0 Å². The summed E-state index contributed by atoms with van der Waals surface area (Å²) < 4.78 is 0. The zero-order valence-corrected chi connectivity index (χ0v) is 15.1. The van der Waals surface area contributed by atoms with Crippen molar-refractivity contribution in [3.05, 3.63) is 0 Å². The number of hydrogen-bond acceptors (Lipinski definition) is 0. The molecule has 0 heteroatoms. The molecular weight excluding hydrogens is 240 g/mol. The summed E-state index contributed by atoms with van der Waals surface area (Å²) in [5, 5.41) is 0. The van der Waals surface area contributed by atoms with Gasteiger partial charge >= 0.3 is 0 Å². The second kappa shape index (κ2) is 9.11. The normalized spacial score (nSPS) is 29.7. The molecule has 120 valence electrons. The molecule has 0 bridgehead atoms. The van der Waals surface area contributed by atoms with Crippen LogP contribution in [0.5, 0.6) is 0 Å². The molecule has 0 amide bonds. The van der Waals surface area contributed by atoms with Crippen molar-refractivity contribution in [1.82, 2.24) is 0 Å². The number of hydrogen-bond donors (Lipinski definition) is 0. The van der Waals surface area contributed by atoms with Crippen LogP contribution in [0.4, 0.5) is 0 Å². The van der Waals surface area contributed by atoms with Crippen LogP contribution in [0.3, 0.4) is 0 Å². The van der Waals surface area contributed by atoms with E-state index in [1.54, 1.807) is 0 Å². The molecule has 1 saturated carbocycles. The maximum Gasteiger partial charge on any atom is -0.0386 e. The standard InChI is InChI=1S/C20H40/c1-7-15(3)12-17(5)19-10-9-11-20(14-19)18(6)13-16(4)8-2/h15-20H,7-14H2,1-6H3. The zero-order chi connectivity index (χ0) is 15.1. The Kier molecular flexibility index (Phi) is 8.22. The smallest absolute Gasteiger partial charge is 0.0386 e. The fourth-order valence-corrected chi connectivity index (χ4v) is 4.29. The fraction of sp³-hybridized carbons (Fsp3) is 1.00. The van der Waals surface area contributed by atoms with Crippen LogP contribution in [-0.2, 0) is 0 Å². The van der Waals surface area contributed by atoms with Gasteiger partial charge in [-0.05, 0) is 54.8 Å². The Morgan fingerprint density at radius 3 is 1.50 bits per heavy atom. The quantitative estimate of drug-likeness (QED) is 0.452. The molecule has 0 aromatic heterocycles. The van der Waals surface area contributed by atoms with Crippen LogP contribution in [0, 0.1) is 35.5 Å². The Morgan fingerprint density at radius 2 is 1.15 bits per heavy atom. The van der Waals surface area contributed by atoms with Gasteiger partial charge in [-0.1, -0.05) is 73.6 Å². The summed E-state index contributed by atoms with van der Waals surface area (Å²) in [6, 6.07) is 0. The highest BCUT2D eigenvalue weighted by Gasteiger charge is 2.29. The maximum absolute atomic E-state index is 2.53. The zero-order valence-electron chi connectivity index (χ0n) is 15.1. The van der Waals surface area contributed by atoms with Gasteiger partial charge in [0.1, 0.15) is 0 Å². The average Bonchev–Trinajstić information content (AvgIpc) is 2.46. The van der Waals surface area contributed by atoms with Gasteiger partial charge in [0.15, 0.2) is 0 Å².